The Morgan fingerprint density at radius 1 is 1.30 bits per heavy atom. The molecule has 0 heterocycles. The van der Waals surface area contributed by atoms with Crippen molar-refractivity contribution in [1.29, 1.82) is 0 Å². The van der Waals surface area contributed by atoms with E-state index in [1.807, 2.05) is 24.3 Å². The molecule has 0 saturated heterocycles. The Morgan fingerprint density at radius 2 is 1.90 bits per heavy atom. The molecule has 0 aliphatic heterocycles. The second-order valence-corrected chi connectivity index (χ2v) is 6.44. The first kappa shape index (κ1) is 17.3. The summed E-state index contributed by atoms with van der Waals surface area (Å²) in [5.74, 6) is 0.664. The molecule has 0 aliphatic rings. The molecule has 6 heteroatoms. The van der Waals surface area contributed by atoms with Crippen LogP contribution in [0.1, 0.15) is 19.8 Å². The first-order valence-electron chi connectivity index (χ1n) is 6.40. The van der Waals surface area contributed by atoms with Gasteiger partial charge in [0.15, 0.2) is 0 Å². The first-order chi connectivity index (χ1) is 9.49. The molecule has 1 rings (SSSR count). The third-order valence-electron chi connectivity index (χ3n) is 2.77. The molecule has 1 amide bonds. The summed E-state index contributed by atoms with van der Waals surface area (Å²) in [6.07, 6.45) is 1.10. The van der Waals surface area contributed by atoms with Crippen molar-refractivity contribution in [2.45, 2.75) is 30.2 Å². The zero-order chi connectivity index (χ0) is 15.0. The number of benzene rings is 1. The topological polar surface area (TPSA) is 69.6 Å². The third kappa shape index (κ3) is 6.13. The normalized spacial score (nSPS) is 11.4. The van der Waals surface area contributed by atoms with E-state index >= 15 is 0 Å². The summed E-state index contributed by atoms with van der Waals surface area (Å²) >= 11 is 7.46. The molecule has 0 aromatic heterocycles. The van der Waals surface area contributed by atoms with Gasteiger partial charge in [-0.1, -0.05) is 11.6 Å². The lowest BCUT2D eigenvalue weighted by Crippen LogP contribution is -2.51. The van der Waals surface area contributed by atoms with Gasteiger partial charge in [-0.15, -0.1) is 11.8 Å². The molecule has 0 unspecified atom stereocenters. The van der Waals surface area contributed by atoms with Gasteiger partial charge in [-0.05, 0) is 43.4 Å². The average molecular weight is 318 g/mol. The SMILES string of the molecule is CC(CO)(CO)NC(=O)CCCSc1ccc(Cl)cc1. The Balaban J connectivity index is 2.24. The van der Waals surface area contributed by atoms with E-state index < -0.39 is 5.54 Å². The van der Waals surface area contributed by atoms with Gasteiger partial charge in [0.05, 0.1) is 18.8 Å². The van der Waals surface area contributed by atoms with Crippen LogP contribution in [0.2, 0.25) is 5.02 Å². The van der Waals surface area contributed by atoms with Crippen LogP contribution in [-0.4, -0.2) is 40.6 Å². The molecule has 0 fully saturated rings. The molecular formula is C14H20ClNO3S. The van der Waals surface area contributed by atoms with Crippen LogP contribution in [0.25, 0.3) is 0 Å². The summed E-state index contributed by atoms with van der Waals surface area (Å²) in [4.78, 5) is 12.8. The van der Waals surface area contributed by atoms with Crippen LogP contribution in [0.3, 0.4) is 0 Å². The maximum atomic E-state index is 11.7. The number of halogens is 1. The largest absolute Gasteiger partial charge is 0.394 e. The molecule has 0 spiro atoms. The van der Waals surface area contributed by atoms with Crippen molar-refractivity contribution in [3.8, 4) is 0 Å². The molecule has 1 aromatic rings. The van der Waals surface area contributed by atoms with Crippen molar-refractivity contribution in [3.63, 3.8) is 0 Å². The van der Waals surface area contributed by atoms with Gasteiger partial charge >= 0.3 is 0 Å². The maximum Gasteiger partial charge on any atom is 0.220 e. The Hall–Kier alpha value is -0.750. The number of amides is 1. The average Bonchev–Trinajstić information content (AvgIpc) is 2.45. The van der Waals surface area contributed by atoms with Gasteiger partial charge in [-0.2, -0.15) is 0 Å². The number of hydrogen-bond donors (Lipinski definition) is 3. The van der Waals surface area contributed by atoms with E-state index in [4.69, 9.17) is 21.8 Å². The Labute approximate surface area is 128 Å². The van der Waals surface area contributed by atoms with Gasteiger partial charge in [0.25, 0.3) is 0 Å². The van der Waals surface area contributed by atoms with Crippen molar-refractivity contribution in [2.24, 2.45) is 0 Å². The lowest BCUT2D eigenvalue weighted by Gasteiger charge is -2.26. The van der Waals surface area contributed by atoms with Gasteiger partial charge in [0.1, 0.15) is 0 Å². The van der Waals surface area contributed by atoms with E-state index in [2.05, 4.69) is 5.32 Å². The Kier molecular flexibility index (Phi) is 7.37. The zero-order valence-electron chi connectivity index (χ0n) is 11.4. The third-order valence-corrected chi connectivity index (χ3v) is 4.12. The predicted molar refractivity (Wildman–Crippen MR) is 82.1 cm³/mol. The van der Waals surface area contributed by atoms with Gasteiger partial charge in [-0.3, -0.25) is 4.79 Å². The van der Waals surface area contributed by atoms with Gasteiger partial charge in [-0.25, -0.2) is 0 Å². The maximum absolute atomic E-state index is 11.7. The number of carbonyl (C=O) groups excluding carboxylic acids is 1. The van der Waals surface area contributed by atoms with Crippen LogP contribution in [-0.2, 0) is 4.79 Å². The molecule has 112 valence electrons. The van der Waals surface area contributed by atoms with Crippen LogP contribution in [0, 0.1) is 0 Å². The molecule has 0 radical (unpaired) electrons. The van der Waals surface area contributed by atoms with Crippen molar-refractivity contribution in [2.75, 3.05) is 19.0 Å². The Bertz CT molecular complexity index is 421. The fourth-order valence-corrected chi connectivity index (χ4v) is 2.46. The Morgan fingerprint density at radius 3 is 2.45 bits per heavy atom. The minimum absolute atomic E-state index is 0.160. The molecule has 20 heavy (non-hydrogen) atoms. The van der Waals surface area contributed by atoms with Crippen molar-refractivity contribution in [3.05, 3.63) is 29.3 Å². The van der Waals surface area contributed by atoms with Crippen LogP contribution < -0.4 is 5.32 Å². The number of aliphatic hydroxyl groups is 2. The second-order valence-electron chi connectivity index (χ2n) is 4.83. The predicted octanol–water partition coefficient (Wildman–Crippen LogP) is 2.07. The molecule has 0 saturated carbocycles. The molecule has 3 N–H and O–H groups in total. The molecule has 4 nitrogen and oxygen atoms in total. The standard InChI is InChI=1S/C14H20ClNO3S/c1-14(9-17,10-18)16-13(19)3-2-8-20-12-6-4-11(15)5-7-12/h4-7,17-18H,2-3,8-10H2,1H3,(H,16,19). The number of thioether (sulfide) groups is 1. The number of carbonyl (C=O) groups is 1. The monoisotopic (exact) mass is 317 g/mol. The smallest absolute Gasteiger partial charge is 0.220 e. The molecule has 0 bridgehead atoms. The lowest BCUT2D eigenvalue weighted by atomic mass is 10.1. The molecule has 1 aromatic carbocycles. The minimum atomic E-state index is -0.944. The highest BCUT2D eigenvalue weighted by Crippen LogP contribution is 2.21. The minimum Gasteiger partial charge on any atom is -0.394 e. The van der Waals surface area contributed by atoms with Gasteiger partial charge in [0.2, 0.25) is 5.91 Å². The zero-order valence-corrected chi connectivity index (χ0v) is 13.0. The number of rotatable bonds is 8. The van der Waals surface area contributed by atoms with Crippen molar-refractivity contribution < 1.29 is 15.0 Å². The summed E-state index contributed by atoms with van der Waals surface area (Å²) in [6.45, 7) is 1.04. The van der Waals surface area contributed by atoms with E-state index in [0.717, 1.165) is 17.1 Å². The lowest BCUT2D eigenvalue weighted by molar-refractivity contribution is -0.124. The fraction of sp³-hybridized carbons (Fsp3) is 0.500. The van der Waals surface area contributed by atoms with Gasteiger partial charge < -0.3 is 15.5 Å². The van der Waals surface area contributed by atoms with Crippen molar-refractivity contribution >= 4 is 29.3 Å². The highest BCUT2D eigenvalue weighted by Gasteiger charge is 2.23. The summed E-state index contributed by atoms with van der Waals surface area (Å²) in [5.41, 5.74) is -0.944. The van der Waals surface area contributed by atoms with Crippen LogP contribution >= 0.6 is 23.4 Å². The second kappa shape index (κ2) is 8.52. The fourth-order valence-electron chi connectivity index (χ4n) is 1.48. The number of aliphatic hydroxyl groups excluding tert-OH is 2. The van der Waals surface area contributed by atoms with Crippen molar-refractivity contribution in [1.82, 2.24) is 5.32 Å². The summed E-state index contributed by atoms with van der Waals surface area (Å²) < 4.78 is 0. The van der Waals surface area contributed by atoms with Crippen LogP contribution in [0.4, 0.5) is 0 Å². The van der Waals surface area contributed by atoms with Gasteiger partial charge in [0, 0.05) is 16.3 Å². The summed E-state index contributed by atoms with van der Waals surface area (Å²) in [7, 11) is 0. The van der Waals surface area contributed by atoms with E-state index in [9.17, 15) is 4.79 Å². The first-order valence-corrected chi connectivity index (χ1v) is 7.76. The quantitative estimate of drug-likeness (QED) is 0.507. The van der Waals surface area contributed by atoms with E-state index in [1.54, 1.807) is 18.7 Å². The number of nitrogens with one attached hydrogen (secondary N) is 1. The highest BCUT2D eigenvalue weighted by atomic mass is 35.5. The van der Waals surface area contributed by atoms with E-state index in [0.29, 0.717) is 11.4 Å². The van der Waals surface area contributed by atoms with E-state index in [1.165, 1.54) is 0 Å². The summed E-state index contributed by atoms with van der Waals surface area (Å²) in [5, 5.41) is 21.5. The molecule has 0 aliphatic carbocycles. The van der Waals surface area contributed by atoms with Crippen LogP contribution in [0.15, 0.2) is 29.2 Å². The molecular weight excluding hydrogens is 298 g/mol. The van der Waals surface area contributed by atoms with Crippen LogP contribution in [0.5, 0.6) is 0 Å². The summed E-state index contributed by atoms with van der Waals surface area (Å²) in [6, 6.07) is 7.57. The highest BCUT2D eigenvalue weighted by molar-refractivity contribution is 7.99. The number of hydrogen-bond acceptors (Lipinski definition) is 4. The molecule has 0 atom stereocenters. The van der Waals surface area contributed by atoms with E-state index in [-0.39, 0.29) is 19.1 Å².